The molecule has 1 unspecified atom stereocenters. The zero-order valence-corrected chi connectivity index (χ0v) is 34.3. The first-order valence-electron chi connectivity index (χ1n) is 23.0. The Bertz CT molecular complexity index is 640. The largest absolute Gasteiger partial charge is 0.466 e. The number of allylic oxidation sites excluding steroid dienone is 2. The van der Waals surface area contributed by atoms with Gasteiger partial charge < -0.3 is 4.74 Å². The van der Waals surface area contributed by atoms with Gasteiger partial charge in [-0.15, -0.1) is 0 Å². The molecule has 0 aromatic heterocycles. The third-order valence-electron chi connectivity index (χ3n) is 10.9. The predicted molar refractivity (Wildman–Crippen MR) is 221 cm³/mol. The Morgan fingerprint density at radius 1 is 0.429 bits per heavy atom. The average molecular weight is 689 g/mol. The molecular formula is C47H92O2. The van der Waals surface area contributed by atoms with E-state index in [0.29, 0.717) is 13.0 Å². The highest BCUT2D eigenvalue weighted by molar-refractivity contribution is 5.69. The van der Waals surface area contributed by atoms with Gasteiger partial charge in [-0.05, 0) is 44.4 Å². The van der Waals surface area contributed by atoms with E-state index in [2.05, 4.69) is 32.9 Å². The molecule has 1 atom stereocenters. The summed E-state index contributed by atoms with van der Waals surface area (Å²) in [6.07, 6.45) is 57.4. The second-order valence-corrected chi connectivity index (χ2v) is 16.0. The van der Waals surface area contributed by atoms with Gasteiger partial charge in [0.05, 0.1) is 6.61 Å². The van der Waals surface area contributed by atoms with Gasteiger partial charge in [-0.2, -0.15) is 0 Å². The molecule has 0 rings (SSSR count). The second kappa shape index (κ2) is 43.4. The fraction of sp³-hybridized carbons (Fsp3) is 0.936. The molecule has 0 radical (unpaired) electrons. The monoisotopic (exact) mass is 689 g/mol. The Morgan fingerprint density at radius 2 is 0.755 bits per heavy atom. The van der Waals surface area contributed by atoms with Crippen LogP contribution in [-0.2, 0) is 9.53 Å². The van der Waals surface area contributed by atoms with Crippen LogP contribution >= 0.6 is 0 Å². The molecule has 0 aromatic rings. The average Bonchev–Trinajstić information content (AvgIpc) is 3.11. The van der Waals surface area contributed by atoms with Gasteiger partial charge in [0, 0.05) is 6.42 Å². The van der Waals surface area contributed by atoms with E-state index >= 15 is 0 Å². The fourth-order valence-corrected chi connectivity index (χ4v) is 7.11. The summed E-state index contributed by atoms with van der Waals surface area (Å²) in [6, 6.07) is 0. The highest BCUT2D eigenvalue weighted by atomic mass is 16.5. The summed E-state index contributed by atoms with van der Waals surface area (Å²) in [5.74, 6) is 0.960. The van der Waals surface area contributed by atoms with Crippen molar-refractivity contribution < 1.29 is 9.53 Å². The number of carbonyl (C=O) groups excluding carboxylic acids is 1. The van der Waals surface area contributed by atoms with Crippen molar-refractivity contribution in [2.24, 2.45) is 5.92 Å². The Kier molecular flexibility index (Phi) is 42.7. The molecule has 0 saturated carbocycles. The molecule has 0 aliphatic rings. The molecule has 292 valence electrons. The van der Waals surface area contributed by atoms with Crippen LogP contribution in [0, 0.1) is 5.92 Å². The summed E-state index contributed by atoms with van der Waals surface area (Å²) >= 11 is 0. The highest BCUT2D eigenvalue weighted by Gasteiger charge is 2.03. The predicted octanol–water partition coefficient (Wildman–Crippen LogP) is 17.0. The molecule has 0 saturated heterocycles. The molecule has 0 aliphatic carbocycles. The van der Waals surface area contributed by atoms with Crippen LogP contribution in [0.15, 0.2) is 12.2 Å². The maximum Gasteiger partial charge on any atom is 0.305 e. The van der Waals surface area contributed by atoms with Crippen molar-refractivity contribution >= 4 is 5.97 Å². The van der Waals surface area contributed by atoms with Crippen LogP contribution in [0.2, 0.25) is 0 Å². The van der Waals surface area contributed by atoms with Gasteiger partial charge >= 0.3 is 5.97 Å². The van der Waals surface area contributed by atoms with Crippen LogP contribution < -0.4 is 0 Å². The Balaban J connectivity index is 3.17. The van der Waals surface area contributed by atoms with Crippen molar-refractivity contribution in [3.05, 3.63) is 12.2 Å². The number of rotatable bonds is 42. The van der Waals surface area contributed by atoms with E-state index in [4.69, 9.17) is 4.74 Å². The Hall–Kier alpha value is -0.790. The standard InChI is InChI=1S/C47H92O2/c1-4-6-7-8-9-10-11-12-13-19-23-26-29-32-35-38-41-44-47(48)49-45-42-39-36-33-30-27-24-21-18-16-14-15-17-20-22-25-28-31-34-37-40-43-46(3)5-2/h12-13,46H,4-11,14-45H2,1-3H3. The van der Waals surface area contributed by atoms with Gasteiger partial charge in [-0.1, -0.05) is 238 Å². The normalized spacial score (nSPS) is 12.3. The Morgan fingerprint density at radius 3 is 1.14 bits per heavy atom. The van der Waals surface area contributed by atoms with Crippen molar-refractivity contribution in [1.82, 2.24) is 0 Å². The van der Waals surface area contributed by atoms with Crippen molar-refractivity contribution in [2.45, 2.75) is 271 Å². The topological polar surface area (TPSA) is 26.3 Å². The van der Waals surface area contributed by atoms with E-state index in [9.17, 15) is 4.79 Å². The van der Waals surface area contributed by atoms with Crippen molar-refractivity contribution in [1.29, 1.82) is 0 Å². The third kappa shape index (κ3) is 43.3. The zero-order valence-electron chi connectivity index (χ0n) is 34.3. The summed E-state index contributed by atoms with van der Waals surface area (Å²) in [6.45, 7) is 7.63. The van der Waals surface area contributed by atoms with Crippen LogP contribution in [0.1, 0.15) is 271 Å². The van der Waals surface area contributed by atoms with E-state index in [-0.39, 0.29) is 5.97 Å². The van der Waals surface area contributed by atoms with Gasteiger partial charge in [-0.25, -0.2) is 0 Å². The summed E-state index contributed by atoms with van der Waals surface area (Å²) < 4.78 is 5.48. The molecular weight excluding hydrogens is 597 g/mol. The van der Waals surface area contributed by atoms with E-state index in [1.54, 1.807) is 0 Å². The molecule has 0 aromatic carbocycles. The lowest BCUT2D eigenvalue weighted by molar-refractivity contribution is -0.143. The van der Waals surface area contributed by atoms with E-state index in [0.717, 1.165) is 18.8 Å². The molecule has 0 N–H and O–H groups in total. The van der Waals surface area contributed by atoms with Crippen LogP contribution in [0.25, 0.3) is 0 Å². The Labute approximate surface area is 310 Å². The smallest absolute Gasteiger partial charge is 0.305 e. The fourth-order valence-electron chi connectivity index (χ4n) is 7.11. The molecule has 0 heterocycles. The van der Waals surface area contributed by atoms with Crippen LogP contribution in [0.4, 0.5) is 0 Å². The van der Waals surface area contributed by atoms with Gasteiger partial charge in [0.25, 0.3) is 0 Å². The van der Waals surface area contributed by atoms with Crippen LogP contribution in [0.5, 0.6) is 0 Å². The summed E-state index contributed by atoms with van der Waals surface area (Å²) in [5, 5.41) is 0. The number of carbonyl (C=O) groups is 1. The first-order chi connectivity index (χ1) is 24.2. The van der Waals surface area contributed by atoms with Crippen LogP contribution in [-0.4, -0.2) is 12.6 Å². The number of ether oxygens (including phenoxy) is 1. The highest BCUT2D eigenvalue weighted by Crippen LogP contribution is 2.17. The number of unbranched alkanes of at least 4 members (excludes halogenated alkanes) is 33. The zero-order chi connectivity index (χ0) is 35.6. The number of esters is 1. The van der Waals surface area contributed by atoms with Gasteiger partial charge in [0.15, 0.2) is 0 Å². The molecule has 2 heteroatoms. The summed E-state index contributed by atoms with van der Waals surface area (Å²) in [7, 11) is 0. The SMILES string of the molecule is CCCCCCCCC=CCCCCCCCCCC(=O)OCCCCCCCCCCCCCCCCCCCCCCCC(C)CC. The van der Waals surface area contributed by atoms with E-state index < -0.39 is 0 Å². The lowest BCUT2D eigenvalue weighted by atomic mass is 9.99. The summed E-state index contributed by atoms with van der Waals surface area (Å²) in [4.78, 5) is 12.0. The molecule has 0 bridgehead atoms. The minimum absolute atomic E-state index is 0.0246. The number of hydrogen-bond donors (Lipinski definition) is 0. The molecule has 0 aliphatic heterocycles. The first-order valence-corrected chi connectivity index (χ1v) is 23.0. The maximum atomic E-state index is 12.0. The maximum absolute atomic E-state index is 12.0. The van der Waals surface area contributed by atoms with Gasteiger partial charge in [-0.3, -0.25) is 4.79 Å². The molecule has 49 heavy (non-hydrogen) atoms. The van der Waals surface area contributed by atoms with Crippen molar-refractivity contribution in [3.63, 3.8) is 0 Å². The van der Waals surface area contributed by atoms with Gasteiger partial charge in [0.2, 0.25) is 0 Å². The van der Waals surface area contributed by atoms with Crippen molar-refractivity contribution in [2.75, 3.05) is 6.61 Å². The minimum atomic E-state index is 0.0246. The third-order valence-corrected chi connectivity index (χ3v) is 10.9. The van der Waals surface area contributed by atoms with Gasteiger partial charge in [0.1, 0.15) is 0 Å². The van der Waals surface area contributed by atoms with Crippen molar-refractivity contribution in [3.8, 4) is 0 Å². The molecule has 0 amide bonds. The minimum Gasteiger partial charge on any atom is -0.466 e. The molecule has 2 nitrogen and oxygen atoms in total. The molecule has 0 spiro atoms. The van der Waals surface area contributed by atoms with E-state index in [1.165, 1.54) is 231 Å². The summed E-state index contributed by atoms with van der Waals surface area (Å²) in [5.41, 5.74) is 0. The lowest BCUT2D eigenvalue weighted by Crippen LogP contribution is -2.05. The number of hydrogen-bond acceptors (Lipinski definition) is 2. The van der Waals surface area contributed by atoms with E-state index in [1.807, 2.05) is 0 Å². The first kappa shape index (κ1) is 48.2. The van der Waals surface area contributed by atoms with Crippen LogP contribution in [0.3, 0.4) is 0 Å². The molecule has 0 fully saturated rings. The lowest BCUT2D eigenvalue weighted by Gasteiger charge is -2.07. The second-order valence-electron chi connectivity index (χ2n) is 16.0. The quantitative estimate of drug-likeness (QED) is 0.0362.